The number of carbonyl (C=O) groups is 3. The summed E-state index contributed by atoms with van der Waals surface area (Å²) in [7, 11) is 0. The Bertz CT molecular complexity index is 2070. The Morgan fingerprint density at radius 1 is 0.925 bits per heavy atom. The summed E-state index contributed by atoms with van der Waals surface area (Å²) in [6.45, 7) is 5.06. The van der Waals surface area contributed by atoms with Gasteiger partial charge in [-0.1, -0.05) is 30.3 Å². The Kier molecular flexibility index (Phi) is 9.86. The summed E-state index contributed by atoms with van der Waals surface area (Å²) >= 11 is 0. The zero-order valence-corrected chi connectivity index (χ0v) is 29.8. The van der Waals surface area contributed by atoms with Crippen molar-refractivity contribution in [3.63, 3.8) is 0 Å². The van der Waals surface area contributed by atoms with E-state index in [-0.39, 0.29) is 30.2 Å². The molecule has 3 fully saturated rings. The van der Waals surface area contributed by atoms with Crippen LogP contribution < -0.4 is 20.9 Å². The molecule has 5 heterocycles. The van der Waals surface area contributed by atoms with Gasteiger partial charge >= 0.3 is 0 Å². The van der Waals surface area contributed by atoms with Crippen molar-refractivity contribution in [2.24, 2.45) is 0 Å². The quantitative estimate of drug-likeness (QED) is 0.136. The van der Waals surface area contributed by atoms with Gasteiger partial charge in [0.2, 0.25) is 11.8 Å². The van der Waals surface area contributed by atoms with Gasteiger partial charge in [0, 0.05) is 91.7 Å². The molecular formula is C41H45N9O3. The largest absolute Gasteiger partial charge is 0.387 e. The molecule has 4 N–H and O–H groups in total. The van der Waals surface area contributed by atoms with E-state index >= 15 is 0 Å². The number of hydrogen-bond donors (Lipinski definition) is 4. The lowest BCUT2D eigenvalue weighted by molar-refractivity contribution is -0.136. The fraction of sp³-hybridized carbons (Fsp3) is 0.366. The van der Waals surface area contributed by atoms with Crippen LogP contribution in [0.15, 0.2) is 79.1 Å². The van der Waals surface area contributed by atoms with Crippen molar-refractivity contribution >= 4 is 51.9 Å². The number of rotatable bonds is 10. The molecule has 53 heavy (non-hydrogen) atoms. The monoisotopic (exact) mass is 711 g/mol. The Balaban J connectivity index is 0.848. The summed E-state index contributed by atoms with van der Waals surface area (Å²) < 4.78 is 0. The Labute approximate surface area is 309 Å². The number of benzene rings is 3. The number of nitrogens with one attached hydrogen (secondary N) is 4. The maximum atomic E-state index is 13.3. The highest BCUT2D eigenvalue weighted by Crippen LogP contribution is 2.33. The zero-order chi connectivity index (χ0) is 36.3. The van der Waals surface area contributed by atoms with Crippen LogP contribution in [0.2, 0.25) is 0 Å². The van der Waals surface area contributed by atoms with Crippen molar-refractivity contribution in [1.82, 2.24) is 30.4 Å². The van der Waals surface area contributed by atoms with E-state index in [1.54, 1.807) is 11.1 Å². The molecule has 0 aliphatic carbocycles. The number of allylic oxidation sites excluding steroid dienone is 1. The smallest absolute Gasteiger partial charge is 0.255 e. The second-order valence-electron chi connectivity index (χ2n) is 14.5. The van der Waals surface area contributed by atoms with Gasteiger partial charge in [-0.2, -0.15) is 0 Å². The van der Waals surface area contributed by atoms with E-state index in [0.717, 1.165) is 80.7 Å². The lowest BCUT2D eigenvalue weighted by atomic mass is 10.0. The lowest BCUT2D eigenvalue weighted by Gasteiger charge is -2.35. The first kappa shape index (κ1) is 34.5. The van der Waals surface area contributed by atoms with Crippen LogP contribution in [0.25, 0.3) is 16.6 Å². The third kappa shape index (κ3) is 7.50. The Morgan fingerprint density at radius 3 is 2.58 bits per heavy atom. The number of aromatic nitrogens is 2. The van der Waals surface area contributed by atoms with Crippen molar-refractivity contribution in [1.29, 1.82) is 5.41 Å². The average molecular weight is 712 g/mol. The summed E-state index contributed by atoms with van der Waals surface area (Å²) in [5.74, 6) is -0.817. The van der Waals surface area contributed by atoms with E-state index in [2.05, 4.69) is 55.0 Å². The van der Waals surface area contributed by atoms with Gasteiger partial charge in [0.15, 0.2) is 0 Å². The SMILES string of the molecule is N=C/C(=C\NC1CCN(c2cccc(CN3CCCC(Nc4cccc5c4CN(C4CCC(=O)NC4=O)C5=O)C3)c2)CC1)c1cnc2ccccc2n1. The molecule has 0 saturated carbocycles. The maximum absolute atomic E-state index is 13.3. The second kappa shape index (κ2) is 15.2. The normalized spacial score (nSPS) is 21.4. The number of hydrogen-bond acceptors (Lipinski definition) is 10. The molecule has 4 aliphatic rings. The Morgan fingerprint density at radius 2 is 1.75 bits per heavy atom. The molecule has 4 aliphatic heterocycles. The van der Waals surface area contributed by atoms with Crippen LogP contribution in [0.5, 0.6) is 0 Å². The molecule has 3 aromatic carbocycles. The number of nitrogens with zero attached hydrogens (tertiary/aromatic N) is 5. The van der Waals surface area contributed by atoms with Gasteiger partial charge in [0.25, 0.3) is 5.91 Å². The molecular weight excluding hydrogens is 667 g/mol. The van der Waals surface area contributed by atoms with Crippen LogP contribution in [-0.4, -0.2) is 88.0 Å². The highest BCUT2D eigenvalue weighted by atomic mass is 16.2. The molecule has 1 aromatic heterocycles. The molecule has 4 aromatic rings. The number of carbonyl (C=O) groups excluding carboxylic acids is 3. The molecule has 8 rings (SSSR count). The number of amides is 3. The van der Waals surface area contributed by atoms with Gasteiger partial charge in [-0.15, -0.1) is 0 Å². The van der Waals surface area contributed by atoms with Crippen LogP contribution in [0, 0.1) is 5.41 Å². The van der Waals surface area contributed by atoms with Gasteiger partial charge in [-0.05, 0) is 80.6 Å². The standard InChI is InChI=1S/C41H45N9O3/c42-21-28(37-23-44-35-10-1-2-11-36(35)46-37)22-43-29-15-18-49(19-16-29)31-8-3-6-27(20-31)24-48-17-5-7-30(25-48)45-34-12-4-9-32-33(34)26-50(41(32)53)38-13-14-39(51)47-40(38)52/h1-4,6,8-12,20-23,29-30,38,42-43,45H,5,7,13-19,24-26H2,(H,47,51,52)/b28-22+,42-21?. The highest BCUT2D eigenvalue weighted by Gasteiger charge is 2.40. The van der Waals surface area contributed by atoms with Crippen molar-refractivity contribution in [3.8, 4) is 0 Å². The van der Waals surface area contributed by atoms with E-state index in [0.29, 0.717) is 35.8 Å². The number of piperidine rings is 3. The minimum atomic E-state index is -0.620. The third-order valence-corrected chi connectivity index (χ3v) is 11.0. The minimum Gasteiger partial charge on any atom is -0.387 e. The van der Waals surface area contributed by atoms with Crippen molar-refractivity contribution in [2.75, 3.05) is 36.4 Å². The van der Waals surface area contributed by atoms with Gasteiger partial charge in [0.1, 0.15) is 6.04 Å². The molecule has 0 bridgehead atoms. The number of anilines is 2. The predicted molar refractivity (Wildman–Crippen MR) is 206 cm³/mol. The lowest BCUT2D eigenvalue weighted by Crippen LogP contribution is -2.52. The fourth-order valence-corrected chi connectivity index (χ4v) is 8.17. The minimum absolute atomic E-state index is 0.148. The second-order valence-corrected chi connectivity index (χ2v) is 14.5. The van der Waals surface area contributed by atoms with Crippen LogP contribution >= 0.6 is 0 Å². The first-order chi connectivity index (χ1) is 25.9. The molecule has 2 atom stereocenters. The topological polar surface area (TPSA) is 147 Å². The molecule has 2 unspecified atom stereocenters. The fourth-order valence-electron chi connectivity index (χ4n) is 8.17. The van der Waals surface area contributed by atoms with Crippen molar-refractivity contribution < 1.29 is 14.4 Å². The molecule has 12 nitrogen and oxygen atoms in total. The summed E-state index contributed by atoms with van der Waals surface area (Å²) in [5, 5.41) is 17.7. The van der Waals surface area contributed by atoms with Crippen molar-refractivity contribution in [2.45, 2.75) is 69.7 Å². The van der Waals surface area contributed by atoms with E-state index in [1.807, 2.05) is 48.7 Å². The van der Waals surface area contributed by atoms with Crippen molar-refractivity contribution in [3.05, 3.63) is 102 Å². The average Bonchev–Trinajstić information content (AvgIpc) is 3.52. The number of fused-ring (bicyclic) bond motifs is 2. The molecule has 3 saturated heterocycles. The third-order valence-electron chi connectivity index (χ3n) is 11.0. The molecule has 0 radical (unpaired) electrons. The molecule has 3 amide bonds. The first-order valence-electron chi connectivity index (χ1n) is 18.7. The van der Waals surface area contributed by atoms with E-state index in [4.69, 9.17) is 10.4 Å². The van der Waals surface area contributed by atoms with Crippen LogP contribution in [0.3, 0.4) is 0 Å². The van der Waals surface area contributed by atoms with Gasteiger partial charge in [0.05, 0.1) is 22.9 Å². The van der Waals surface area contributed by atoms with Gasteiger partial charge < -0.3 is 25.8 Å². The van der Waals surface area contributed by atoms with Gasteiger partial charge in [-0.25, -0.2) is 4.98 Å². The predicted octanol–water partition coefficient (Wildman–Crippen LogP) is 4.72. The first-order valence-corrected chi connectivity index (χ1v) is 18.7. The van der Waals surface area contributed by atoms with Crippen LogP contribution in [0.4, 0.5) is 11.4 Å². The summed E-state index contributed by atoms with van der Waals surface area (Å²) in [4.78, 5) is 53.4. The summed E-state index contributed by atoms with van der Waals surface area (Å²) in [5.41, 5.74) is 8.12. The van der Waals surface area contributed by atoms with Gasteiger partial charge in [-0.3, -0.25) is 29.6 Å². The molecule has 272 valence electrons. The zero-order valence-electron chi connectivity index (χ0n) is 29.8. The van der Waals surface area contributed by atoms with Crippen LogP contribution in [-0.2, 0) is 22.7 Å². The van der Waals surface area contributed by atoms with E-state index < -0.39 is 6.04 Å². The van der Waals surface area contributed by atoms with E-state index in [9.17, 15) is 14.4 Å². The number of likely N-dealkylation sites (tertiary alicyclic amines) is 1. The number of imide groups is 1. The maximum Gasteiger partial charge on any atom is 0.255 e. The summed E-state index contributed by atoms with van der Waals surface area (Å²) in [6.07, 6.45) is 9.69. The number of para-hydroxylation sites is 2. The Hall–Kier alpha value is -5.62. The van der Waals surface area contributed by atoms with E-state index in [1.165, 1.54) is 17.5 Å². The molecule has 12 heteroatoms. The van der Waals surface area contributed by atoms with Crippen LogP contribution in [0.1, 0.15) is 65.7 Å². The summed E-state index contributed by atoms with van der Waals surface area (Å²) in [6, 6.07) is 22.4. The molecule has 0 spiro atoms. The highest BCUT2D eigenvalue weighted by molar-refractivity contribution is 6.08.